The highest BCUT2D eigenvalue weighted by Crippen LogP contribution is 2.21. The van der Waals surface area contributed by atoms with E-state index in [4.69, 9.17) is 4.74 Å². The van der Waals surface area contributed by atoms with Crippen molar-refractivity contribution < 1.29 is 9.53 Å². The van der Waals surface area contributed by atoms with Crippen LogP contribution in [-0.2, 0) is 4.74 Å². The fourth-order valence-corrected chi connectivity index (χ4v) is 2.09. The van der Waals surface area contributed by atoms with Crippen LogP contribution in [0.3, 0.4) is 0 Å². The molecule has 98 valence electrons. The second kappa shape index (κ2) is 4.82. The molecule has 1 saturated carbocycles. The van der Waals surface area contributed by atoms with Gasteiger partial charge in [-0.15, -0.1) is 0 Å². The maximum atomic E-state index is 11.5. The Labute approximate surface area is 103 Å². The van der Waals surface area contributed by atoms with Crippen LogP contribution in [-0.4, -0.2) is 42.9 Å². The van der Waals surface area contributed by atoms with Crippen LogP contribution in [0.5, 0.6) is 0 Å². The van der Waals surface area contributed by atoms with Crippen LogP contribution >= 0.6 is 0 Å². The molecular formula is C12H23N3O2. The highest BCUT2D eigenvalue weighted by atomic mass is 16.6. The number of alkyl carbamates (subject to hydrolysis) is 1. The van der Waals surface area contributed by atoms with Crippen LogP contribution in [0.15, 0.2) is 0 Å². The standard InChI is InChI=1S/C12H23N3O2/c1-12(2,3)17-11(16)15-9-4-8(5-9)14-10-6-13-7-10/h8-10,13-14H,4-7H2,1-3H3,(H,15,16). The van der Waals surface area contributed by atoms with Gasteiger partial charge in [-0.25, -0.2) is 4.79 Å². The maximum absolute atomic E-state index is 11.5. The number of rotatable bonds is 3. The van der Waals surface area contributed by atoms with Gasteiger partial charge in [0.2, 0.25) is 0 Å². The number of hydrogen-bond donors (Lipinski definition) is 3. The van der Waals surface area contributed by atoms with E-state index < -0.39 is 5.60 Å². The van der Waals surface area contributed by atoms with Crippen molar-refractivity contribution in [1.29, 1.82) is 0 Å². The first-order chi connectivity index (χ1) is 7.92. The smallest absolute Gasteiger partial charge is 0.407 e. The first-order valence-corrected chi connectivity index (χ1v) is 6.38. The first-order valence-electron chi connectivity index (χ1n) is 6.38. The molecule has 17 heavy (non-hydrogen) atoms. The van der Waals surface area contributed by atoms with Crippen molar-refractivity contribution in [3.63, 3.8) is 0 Å². The number of carbonyl (C=O) groups is 1. The predicted octanol–water partition coefficient (Wildman–Crippen LogP) is 0.604. The van der Waals surface area contributed by atoms with Gasteiger partial charge in [0.15, 0.2) is 0 Å². The summed E-state index contributed by atoms with van der Waals surface area (Å²) in [6, 6.07) is 1.46. The fraction of sp³-hybridized carbons (Fsp3) is 0.917. The number of carbonyl (C=O) groups excluding carboxylic acids is 1. The van der Waals surface area contributed by atoms with Gasteiger partial charge in [0.25, 0.3) is 0 Å². The summed E-state index contributed by atoms with van der Waals surface area (Å²) in [4.78, 5) is 11.5. The van der Waals surface area contributed by atoms with Crippen molar-refractivity contribution in [2.75, 3.05) is 13.1 Å². The lowest BCUT2D eigenvalue weighted by atomic mass is 9.86. The molecule has 2 aliphatic rings. The summed E-state index contributed by atoms with van der Waals surface area (Å²) in [6.45, 7) is 7.77. The Morgan fingerprint density at radius 3 is 2.29 bits per heavy atom. The summed E-state index contributed by atoms with van der Waals surface area (Å²) >= 11 is 0. The van der Waals surface area contributed by atoms with Gasteiger partial charge in [-0.3, -0.25) is 0 Å². The topological polar surface area (TPSA) is 62.4 Å². The lowest BCUT2D eigenvalue weighted by Gasteiger charge is -2.41. The van der Waals surface area contributed by atoms with Gasteiger partial charge in [-0.05, 0) is 33.6 Å². The van der Waals surface area contributed by atoms with Gasteiger partial charge < -0.3 is 20.7 Å². The van der Waals surface area contributed by atoms with Crippen LogP contribution in [0.1, 0.15) is 33.6 Å². The van der Waals surface area contributed by atoms with Crippen LogP contribution in [0.4, 0.5) is 4.79 Å². The predicted molar refractivity (Wildman–Crippen MR) is 66.0 cm³/mol. The lowest BCUT2D eigenvalue weighted by Crippen LogP contribution is -2.62. The molecule has 0 radical (unpaired) electrons. The SMILES string of the molecule is CC(C)(C)OC(=O)NC1CC(NC2CNC2)C1. The van der Waals surface area contributed by atoms with Crippen molar-refractivity contribution in [1.82, 2.24) is 16.0 Å². The van der Waals surface area contributed by atoms with Crippen molar-refractivity contribution in [2.24, 2.45) is 0 Å². The summed E-state index contributed by atoms with van der Waals surface area (Å²) in [7, 11) is 0. The molecule has 0 aromatic rings. The van der Waals surface area contributed by atoms with Crippen molar-refractivity contribution >= 4 is 6.09 Å². The molecule has 1 aliphatic heterocycles. The van der Waals surface area contributed by atoms with Gasteiger partial charge in [-0.2, -0.15) is 0 Å². The molecule has 1 amide bonds. The molecule has 1 heterocycles. The third-order valence-corrected chi connectivity index (χ3v) is 3.11. The fourth-order valence-electron chi connectivity index (χ4n) is 2.09. The van der Waals surface area contributed by atoms with E-state index >= 15 is 0 Å². The lowest BCUT2D eigenvalue weighted by molar-refractivity contribution is 0.0461. The van der Waals surface area contributed by atoms with Gasteiger partial charge in [-0.1, -0.05) is 0 Å². The summed E-state index contributed by atoms with van der Waals surface area (Å²) in [5.41, 5.74) is -0.414. The van der Waals surface area contributed by atoms with Gasteiger partial charge in [0.05, 0.1) is 0 Å². The summed E-state index contributed by atoms with van der Waals surface area (Å²) in [5, 5.41) is 9.68. The first kappa shape index (κ1) is 12.6. The molecule has 3 N–H and O–H groups in total. The molecular weight excluding hydrogens is 218 g/mol. The Hall–Kier alpha value is -0.810. The number of nitrogens with one attached hydrogen (secondary N) is 3. The van der Waals surface area contributed by atoms with Gasteiger partial charge >= 0.3 is 6.09 Å². The average molecular weight is 241 g/mol. The molecule has 2 rings (SSSR count). The summed E-state index contributed by atoms with van der Waals surface area (Å²) in [6.07, 6.45) is 1.72. The van der Waals surface area contributed by atoms with Gasteiger partial charge in [0.1, 0.15) is 5.60 Å². The molecule has 0 spiro atoms. The minimum Gasteiger partial charge on any atom is -0.444 e. The zero-order valence-corrected chi connectivity index (χ0v) is 10.9. The van der Waals surface area contributed by atoms with Crippen LogP contribution in [0, 0.1) is 0 Å². The monoisotopic (exact) mass is 241 g/mol. The normalized spacial score (nSPS) is 29.1. The molecule has 0 aromatic carbocycles. The molecule has 0 atom stereocenters. The van der Waals surface area contributed by atoms with E-state index in [-0.39, 0.29) is 12.1 Å². The van der Waals surface area contributed by atoms with E-state index in [2.05, 4.69) is 16.0 Å². The van der Waals surface area contributed by atoms with Gasteiger partial charge in [0, 0.05) is 31.2 Å². The summed E-state index contributed by atoms with van der Waals surface area (Å²) < 4.78 is 5.21. The zero-order chi connectivity index (χ0) is 12.5. The second-order valence-electron chi connectivity index (χ2n) is 6.03. The molecule has 0 aromatic heterocycles. The molecule has 5 heteroatoms. The molecule has 5 nitrogen and oxygen atoms in total. The highest BCUT2D eigenvalue weighted by Gasteiger charge is 2.33. The number of amides is 1. The largest absolute Gasteiger partial charge is 0.444 e. The average Bonchev–Trinajstić information content (AvgIpc) is 2.01. The summed E-state index contributed by atoms with van der Waals surface area (Å²) in [5.74, 6) is 0. The Morgan fingerprint density at radius 1 is 1.18 bits per heavy atom. The van der Waals surface area contributed by atoms with E-state index in [1.54, 1.807) is 0 Å². The van der Waals surface area contributed by atoms with Crippen LogP contribution in [0.2, 0.25) is 0 Å². The Kier molecular flexibility index (Phi) is 3.58. The van der Waals surface area contributed by atoms with Crippen molar-refractivity contribution in [3.05, 3.63) is 0 Å². The molecule has 0 bridgehead atoms. The molecule has 0 unspecified atom stereocenters. The van der Waals surface area contributed by atoms with E-state index in [0.717, 1.165) is 25.9 Å². The zero-order valence-electron chi connectivity index (χ0n) is 10.9. The third kappa shape index (κ3) is 3.85. The highest BCUT2D eigenvalue weighted by molar-refractivity contribution is 5.68. The minimum atomic E-state index is -0.414. The van der Waals surface area contributed by atoms with E-state index in [9.17, 15) is 4.79 Å². The number of hydrogen-bond acceptors (Lipinski definition) is 4. The Bertz CT molecular complexity index is 278. The quantitative estimate of drug-likeness (QED) is 0.677. The number of ether oxygens (including phenoxy) is 1. The minimum absolute atomic E-state index is 0.274. The third-order valence-electron chi connectivity index (χ3n) is 3.11. The van der Waals surface area contributed by atoms with Crippen molar-refractivity contribution in [2.45, 2.75) is 57.3 Å². The van der Waals surface area contributed by atoms with E-state index in [0.29, 0.717) is 12.1 Å². The van der Waals surface area contributed by atoms with Crippen LogP contribution < -0.4 is 16.0 Å². The molecule has 1 aliphatic carbocycles. The maximum Gasteiger partial charge on any atom is 0.407 e. The van der Waals surface area contributed by atoms with Crippen molar-refractivity contribution in [3.8, 4) is 0 Å². The van der Waals surface area contributed by atoms with E-state index in [1.165, 1.54) is 0 Å². The Balaban J connectivity index is 1.58. The van der Waals surface area contributed by atoms with Crippen LogP contribution in [0.25, 0.3) is 0 Å². The molecule has 1 saturated heterocycles. The van der Waals surface area contributed by atoms with E-state index in [1.807, 2.05) is 20.8 Å². The Morgan fingerprint density at radius 2 is 1.82 bits per heavy atom. The second-order valence-corrected chi connectivity index (χ2v) is 6.03. The molecule has 2 fully saturated rings.